The third-order valence-electron chi connectivity index (χ3n) is 5.17. The summed E-state index contributed by atoms with van der Waals surface area (Å²) in [6.45, 7) is 2.56. The fraction of sp³-hybridized carbons (Fsp3) is 0.611. The van der Waals surface area contributed by atoms with Crippen molar-refractivity contribution in [1.29, 1.82) is 0 Å². The molecule has 2 N–H and O–H groups in total. The van der Waals surface area contributed by atoms with Gasteiger partial charge in [-0.2, -0.15) is 4.31 Å². The molecule has 2 fully saturated rings. The van der Waals surface area contributed by atoms with Crippen LogP contribution in [0.2, 0.25) is 0 Å². The summed E-state index contributed by atoms with van der Waals surface area (Å²) in [7, 11) is -1.98. The molecule has 8 heteroatoms. The third-order valence-corrected chi connectivity index (χ3v) is 7.08. The molecule has 0 aromatic heterocycles. The summed E-state index contributed by atoms with van der Waals surface area (Å²) in [6.07, 6.45) is 3.19. The lowest BCUT2D eigenvalue weighted by Gasteiger charge is -2.32. The number of piperidine rings is 2. The van der Waals surface area contributed by atoms with Crippen molar-refractivity contribution in [2.75, 3.05) is 33.3 Å². The van der Waals surface area contributed by atoms with Crippen molar-refractivity contribution in [3.63, 3.8) is 0 Å². The fourth-order valence-corrected chi connectivity index (χ4v) is 5.02. The van der Waals surface area contributed by atoms with Crippen LogP contribution in [0.3, 0.4) is 0 Å². The van der Waals surface area contributed by atoms with Crippen LogP contribution in [0.1, 0.15) is 25.7 Å². The molecule has 2 saturated heterocycles. The van der Waals surface area contributed by atoms with Crippen molar-refractivity contribution in [3.05, 3.63) is 24.3 Å². The molecular formula is C18H27N3O4S. The monoisotopic (exact) mass is 381 g/mol. The summed E-state index contributed by atoms with van der Waals surface area (Å²) in [6, 6.07) is 6.60. The van der Waals surface area contributed by atoms with Crippen LogP contribution in [-0.2, 0) is 14.8 Å². The Morgan fingerprint density at radius 2 is 1.88 bits per heavy atom. The zero-order valence-electron chi connectivity index (χ0n) is 15.1. The molecule has 1 unspecified atom stereocenters. The number of carbonyl (C=O) groups is 1. The predicted molar refractivity (Wildman–Crippen MR) is 98.5 cm³/mol. The van der Waals surface area contributed by atoms with Crippen LogP contribution in [0.15, 0.2) is 29.2 Å². The average Bonchev–Trinajstić information content (AvgIpc) is 2.69. The molecule has 2 aliphatic heterocycles. The molecule has 7 nitrogen and oxygen atoms in total. The number of methoxy groups -OCH3 is 1. The van der Waals surface area contributed by atoms with Crippen LogP contribution < -0.4 is 15.4 Å². The number of hydrogen-bond donors (Lipinski definition) is 2. The zero-order chi connectivity index (χ0) is 18.6. The van der Waals surface area contributed by atoms with E-state index in [9.17, 15) is 13.2 Å². The Bertz CT molecular complexity index is 706. The molecule has 1 aromatic carbocycles. The molecule has 3 rings (SSSR count). The van der Waals surface area contributed by atoms with Gasteiger partial charge >= 0.3 is 0 Å². The van der Waals surface area contributed by atoms with E-state index in [1.54, 1.807) is 31.4 Å². The second kappa shape index (κ2) is 8.37. The van der Waals surface area contributed by atoms with Gasteiger partial charge in [0.15, 0.2) is 0 Å². The van der Waals surface area contributed by atoms with E-state index < -0.39 is 10.0 Å². The topological polar surface area (TPSA) is 87.7 Å². The smallest absolute Gasteiger partial charge is 0.243 e. The molecule has 0 spiro atoms. The second-order valence-corrected chi connectivity index (χ2v) is 8.84. The van der Waals surface area contributed by atoms with Crippen LogP contribution in [0, 0.1) is 5.92 Å². The van der Waals surface area contributed by atoms with Crippen LogP contribution in [0.4, 0.5) is 0 Å². The second-order valence-electron chi connectivity index (χ2n) is 6.91. The Balaban J connectivity index is 1.55. The Morgan fingerprint density at radius 3 is 2.46 bits per heavy atom. The molecule has 1 atom stereocenters. The van der Waals surface area contributed by atoms with Crippen LogP contribution >= 0.6 is 0 Å². The number of rotatable bonds is 5. The number of carbonyl (C=O) groups excluding carboxylic acids is 1. The highest BCUT2D eigenvalue weighted by Gasteiger charge is 2.32. The van der Waals surface area contributed by atoms with E-state index in [1.165, 1.54) is 4.31 Å². The number of amides is 1. The number of sulfonamides is 1. The standard InChI is InChI=1S/C18H27N3O4S/c1-25-16-4-6-17(7-5-16)26(23,24)21-11-8-14(9-12-21)18(22)20-15-3-2-10-19-13-15/h4-7,14-15,19H,2-3,8-13H2,1H3,(H,20,22). The van der Waals surface area contributed by atoms with Gasteiger partial charge in [-0.15, -0.1) is 0 Å². The largest absolute Gasteiger partial charge is 0.497 e. The van der Waals surface area contributed by atoms with Gasteiger partial charge in [-0.25, -0.2) is 8.42 Å². The lowest BCUT2D eigenvalue weighted by Crippen LogP contribution is -2.49. The molecule has 1 amide bonds. The maximum Gasteiger partial charge on any atom is 0.243 e. The SMILES string of the molecule is COc1ccc(S(=O)(=O)N2CCC(C(=O)NC3CCCNC3)CC2)cc1. The average molecular weight is 381 g/mol. The summed E-state index contributed by atoms with van der Waals surface area (Å²) in [4.78, 5) is 12.7. The Hall–Kier alpha value is -1.64. The maximum absolute atomic E-state index is 12.8. The van der Waals surface area contributed by atoms with Crippen molar-refractivity contribution >= 4 is 15.9 Å². The molecule has 2 heterocycles. The normalized spacial score (nSPS) is 22.7. The van der Waals surface area contributed by atoms with Crippen LogP contribution in [0.25, 0.3) is 0 Å². The molecule has 0 saturated carbocycles. The highest BCUT2D eigenvalue weighted by molar-refractivity contribution is 7.89. The predicted octanol–water partition coefficient (Wildman–Crippen LogP) is 0.964. The first-order chi connectivity index (χ1) is 12.5. The summed E-state index contributed by atoms with van der Waals surface area (Å²) in [5.74, 6) is 0.566. The first kappa shape index (κ1) is 19.1. The summed E-state index contributed by atoms with van der Waals surface area (Å²) in [5.41, 5.74) is 0. The maximum atomic E-state index is 12.8. The van der Waals surface area contributed by atoms with Gasteiger partial charge in [0, 0.05) is 31.6 Å². The fourth-order valence-electron chi connectivity index (χ4n) is 3.55. The minimum absolute atomic E-state index is 0.0557. The molecule has 0 bridgehead atoms. The van der Waals surface area contributed by atoms with Gasteiger partial charge in [0.25, 0.3) is 0 Å². The molecule has 0 radical (unpaired) electrons. The van der Waals surface area contributed by atoms with Crippen molar-refractivity contribution in [2.24, 2.45) is 5.92 Å². The van der Waals surface area contributed by atoms with Crippen molar-refractivity contribution < 1.29 is 17.9 Å². The van der Waals surface area contributed by atoms with Gasteiger partial charge in [-0.3, -0.25) is 4.79 Å². The van der Waals surface area contributed by atoms with Gasteiger partial charge < -0.3 is 15.4 Å². The molecule has 0 aliphatic carbocycles. The molecular weight excluding hydrogens is 354 g/mol. The van der Waals surface area contributed by atoms with E-state index in [2.05, 4.69) is 10.6 Å². The number of nitrogens with one attached hydrogen (secondary N) is 2. The lowest BCUT2D eigenvalue weighted by atomic mass is 9.96. The Morgan fingerprint density at radius 1 is 1.19 bits per heavy atom. The van der Waals surface area contributed by atoms with Crippen molar-refractivity contribution in [2.45, 2.75) is 36.6 Å². The molecule has 2 aliphatic rings. The van der Waals surface area contributed by atoms with E-state index >= 15 is 0 Å². The summed E-state index contributed by atoms with van der Waals surface area (Å²) in [5, 5.41) is 6.39. The highest BCUT2D eigenvalue weighted by Crippen LogP contribution is 2.25. The van der Waals surface area contributed by atoms with E-state index in [-0.39, 0.29) is 22.8 Å². The molecule has 26 heavy (non-hydrogen) atoms. The Labute approximate surface area is 155 Å². The third kappa shape index (κ3) is 4.36. The first-order valence-corrected chi connectivity index (χ1v) is 10.6. The summed E-state index contributed by atoms with van der Waals surface area (Å²) >= 11 is 0. The van der Waals surface area contributed by atoms with E-state index in [4.69, 9.17) is 4.74 Å². The van der Waals surface area contributed by atoms with Gasteiger partial charge in [0.05, 0.1) is 12.0 Å². The van der Waals surface area contributed by atoms with E-state index in [0.29, 0.717) is 31.7 Å². The lowest BCUT2D eigenvalue weighted by molar-refractivity contribution is -0.126. The molecule has 1 aromatic rings. The summed E-state index contributed by atoms with van der Waals surface area (Å²) < 4.78 is 32.1. The number of hydrogen-bond acceptors (Lipinski definition) is 5. The number of ether oxygens (including phenoxy) is 1. The van der Waals surface area contributed by atoms with Gasteiger partial charge in [0.2, 0.25) is 15.9 Å². The van der Waals surface area contributed by atoms with E-state index in [1.807, 2.05) is 0 Å². The van der Waals surface area contributed by atoms with Gasteiger partial charge in [-0.05, 0) is 56.5 Å². The minimum atomic E-state index is -3.53. The number of nitrogens with zero attached hydrogens (tertiary/aromatic N) is 1. The highest BCUT2D eigenvalue weighted by atomic mass is 32.2. The first-order valence-electron chi connectivity index (χ1n) is 9.16. The zero-order valence-corrected chi connectivity index (χ0v) is 15.9. The quantitative estimate of drug-likeness (QED) is 0.793. The minimum Gasteiger partial charge on any atom is -0.497 e. The van der Waals surface area contributed by atoms with Gasteiger partial charge in [0.1, 0.15) is 5.75 Å². The molecule has 144 valence electrons. The Kier molecular flexibility index (Phi) is 6.16. The van der Waals surface area contributed by atoms with Crippen molar-refractivity contribution in [3.8, 4) is 5.75 Å². The van der Waals surface area contributed by atoms with Crippen molar-refractivity contribution in [1.82, 2.24) is 14.9 Å². The van der Waals surface area contributed by atoms with Gasteiger partial charge in [-0.1, -0.05) is 0 Å². The number of benzene rings is 1. The van der Waals surface area contributed by atoms with Crippen LogP contribution in [0.5, 0.6) is 5.75 Å². The van der Waals surface area contributed by atoms with Crippen LogP contribution in [-0.4, -0.2) is 58.0 Å². The van der Waals surface area contributed by atoms with E-state index in [0.717, 1.165) is 25.9 Å².